The number of hydrogen-bond donors (Lipinski definition) is 0. The van der Waals surface area contributed by atoms with Crippen molar-refractivity contribution in [2.75, 3.05) is 4.90 Å². The van der Waals surface area contributed by atoms with Gasteiger partial charge in [0.05, 0.1) is 5.69 Å². The molecule has 2 aliphatic carbocycles. The minimum atomic E-state index is -0.146. The Hall–Kier alpha value is -7.22. The summed E-state index contributed by atoms with van der Waals surface area (Å²) < 4.78 is 0. The summed E-state index contributed by atoms with van der Waals surface area (Å²) in [6.45, 7) is 9.45. The standard InChI is InChI=1S/C60H47N/c1-59(2)53-27-15-13-23-48(53)50-36-32-43(38-55(50)59)40-30-33-44(34-31-40)61(45-35-37-51-49-24-14-16-28-54(49)60(3,4)56(51)39-45)57-29-17-26-47(42-20-9-6-10-21-42)58(57)52-25-12-11-22-46(52)41-18-7-5-8-19-41/h5-39H,1-4H3. The summed E-state index contributed by atoms with van der Waals surface area (Å²) in [5.41, 5.74) is 23.6. The minimum Gasteiger partial charge on any atom is -0.310 e. The molecule has 9 aromatic carbocycles. The Kier molecular flexibility index (Phi) is 8.58. The highest BCUT2D eigenvalue weighted by molar-refractivity contribution is 6.01. The minimum absolute atomic E-state index is 0.0596. The third-order valence-electron chi connectivity index (χ3n) is 13.5. The van der Waals surface area contributed by atoms with Crippen molar-refractivity contribution in [3.05, 3.63) is 235 Å². The lowest BCUT2D eigenvalue weighted by Gasteiger charge is -2.31. The van der Waals surface area contributed by atoms with Gasteiger partial charge in [-0.15, -0.1) is 0 Å². The molecule has 2 aliphatic rings. The zero-order chi connectivity index (χ0) is 41.3. The predicted octanol–water partition coefficient (Wildman–Crippen LogP) is 16.4. The van der Waals surface area contributed by atoms with Crippen LogP contribution in [0.1, 0.15) is 49.9 Å². The van der Waals surface area contributed by atoms with E-state index in [0.29, 0.717) is 0 Å². The topological polar surface area (TPSA) is 3.24 Å². The maximum atomic E-state index is 2.50. The van der Waals surface area contributed by atoms with E-state index in [1.807, 2.05) is 0 Å². The Morgan fingerprint density at radius 2 is 0.721 bits per heavy atom. The van der Waals surface area contributed by atoms with Gasteiger partial charge in [-0.05, 0) is 120 Å². The first-order valence-electron chi connectivity index (χ1n) is 21.5. The fourth-order valence-electron chi connectivity index (χ4n) is 10.4. The number of benzene rings is 9. The molecular formula is C60H47N. The lowest BCUT2D eigenvalue weighted by Crippen LogP contribution is -2.17. The maximum Gasteiger partial charge on any atom is 0.0546 e. The Balaban J connectivity index is 1.12. The molecule has 0 aliphatic heterocycles. The van der Waals surface area contributed by atoms with E-state index >= 15 is 0 Å². The molecule has 0 N–H and O–H groups in total. The number of fused-ring (bicyclic) bond motifs is 6. The van der Waals surface area contributed by atoms with Gasteiger partial charge >= 0.3 is 0 Å². The first-order chi connectivity index (χ1) is 29.8. The van der Waals surface area contributed by atoms with Gasteiger partial charge in [-0.1, -0.05) is 204 Å². The molecule has 9 aromatic rings. The molecule has 0 radical (unpaired) electrons. The van der Waals surface area contributed by atoms with E-state index in [4.69, 9.17) is 0 Å². The van der Waals surface area contributed by atoms with E-state index in [1.165, 1.54) is 89.0 Å². The van der Waals surface area contributed by atoms with Crippen molar-refractivity contribution in [2.24, 2.45) is 0 Å². The Bertz CT molecular complexity index is 3120. The van der Waals surface area contributed by atoms with Crippen LogP contribution in [0, 0.1) is 0 Å². The quantitative estimate of drug-likeness (QED) is 0.156. The summed E-state index contributed by atoms with van der Waals surface area (Å²) in [5.74, 6) is 0. The van der Waals surface area contributed by atoms with Crippen LogP contribution in [0.25, 0.3) is 66.8 Å². The van der Waals surface area contributed by atoms with Gasteiger partial charge in [0.25, 0.3) is 0 Å². The van der Waals surface area contributed by atoms with Crippen molar-refractivity contribution in [2.45, 2.75) is 38.5 Å². The monoisotopic (exact) mass is 781 g/mol. The number of anilines is 3. The summed E-state index contributed by atoms with van der Waals surface area (Å²) in [4.78, 5) is 2.50. The molecule has 0 heterocycles. The zero-order valence-corrected chi connectivity index (χ0v) is 35.2. The van der Waals surface area contributed by atoms with Crippen molar-refractivity contribution in [3.63, 3.8) is 0 Å². The van der Waals surface area contributed by atoms with E-state index in [2.05, 4.69) is 245 Å². The zero-order valence-electron chi connectivity index (χ0n) is 35.2. The first kappa shape index (κ1) is 36.8. The molecule has 292 valence electrons. The van der Waals surface area contributed by atoms with Crippen LogP contribution in [0.2, 0.25) is 0 Å². The van der Waals surface area contributed by atoms with Crippen LogP contribution in [0.4, 0.5) is 17.1 Å². The lowest BCUT2D eigenvalue weighted by molar-refractivity contribution is 0.660. The third kappa shape index (κ3) is 5.91. The van der Waals surface area contributed by atoms with Gasteiger partial charge in [0, 0.05) is 27.8 Å². The second kappa shape index (κ2) is 14.2. The van der Waals surface area contributed by atoms with Gasteiger partial charge in [0.1, 0.15) is 0 Å². The smallest absolute Gasteiger partial charge is 0.0546 e. The highest BCUT2D eigenvalue weighted by Crippen LogP contribution is 2.53. The summed E-state index contributed by atoms with van der Waals surface area (Å²) >= 11 is 0. The fraction of sp³-hybridized carbons (Fsp3) is 0.100. The molecule has 0 saturated carbocycles. The second-order valence-electron chi connectivity index (χ2n) is 17.7. The molecule has 61 heavy (non-hydrogen) atoms. The van der Waals surface area contributed by atoms with E-state index in [-0.39, 0.29) is 10.8 Å². The average Bonchev–Trinajstić information content (AvgIpc) is 3.68. The molecule has 0 bridgehead atoms. The Morgan fingerprint density at radius 3 is 1.34 bits per heavy atom. The Labute approximate surface area is 360 Å². The van der Waals surface area contributed by atoms with Gasteiger partial charge in [0.2, 0.25) is 0 Å². The molecule has 0 saturated heterocycles. The van der Waals surface area contributed by atoms with Crippen LogP contribution in [0.3, 0.4) is 0 Å². The molecule has 0 atom stereocenters. The van der Waals surface area contributed by atoms with Crippen molar-refractivity contribution in [1.82, 2.24) is 0 Å². The molecular weight excluding hydrogens is 735 g/mol. The van der Waals surface area contributed by atoms with Gasteiger partial charge in [-0.2, -0.15) is 0 Å². The highest BCUT2D eigenvalue weighted by atomic mass is 15.1. The van der Waals surface area contributed by atoms with Crippen molar-refractivity contribution >= 4 is 17.1 Å². The van der Waals surface area contributed by atoms with E-state index < -0.39 is 0 Å². The molecule has 1 nitrogen and oxygen atoms in total. The summed E-state index contributed by atoms with van der Waals surface area (Å²) in [7, 11) is 0. The largest absolute Gasteiger partial charge is 0.310 e. The third-order valence-corrected chi connectivity index (χ3v) is 13.5. The van der Waals surface area contributed by atoms with Crippen LogP contribution in [-0.2, 0) is 10.8 Å². The Morgan fingerprint density at radius 1 is 0.279 bits per heavy atom. The lowest BCUT2D eigenvalue weighted by atomic mass is 9.81. The van der Waals surface area contributed by atoms with Crippen LogP contribution < -0.4 is 4.90 Å². The SMILES string of the molecule is CC1(C)c2ccccc2-c2ccc(-c3ccc(N(c4ccc5c(c4)C(C)(C)c4ccccc4-5)c4cccc(-c5ccccc5)c4-c4ccccc4-c4ccccc4)cc3)cc21. The molecule has 0 amide bonds. The highest BCUT2D eigenvalue weighted by Gasteiger charge is 2.37. The molecule has 0 spiro atoms. The van der Waals surface area contributed by atoms with Crippen LogP contribution in [-0.4, -0.2) is 0 Å². The predicted molar refractivity (Wildman–Crippen MR) is 258 cm³/mol. The normalized spacial score (nSPS) is 13.8. The number of nitrogens with zero attached hydrogens (tertiary/aromatic N) is 1. The van der Waals surface area contributed by atoms with Gasteiger partial charge in [-0.3, -0.25) is 0 Å². The first-order valence-corrected chi connectivity index (χ1v) is 21.5. The molecule has 0 fully saturated rings. The van der Waals surface area contributed by atoms with Gasteiger partial charge < -0.3 is 4.90 Å². The van der Waals surface area contributed by atoms with Crippen LogP contribution in [0.5, 0.6) is 0 Å². The summed E-state index contributed by atoms with van der Waals surface area (Å²) in [5, 5.41) is 0. The second-order valence-corrected chi connectivity index (χ2v) is 17.7. The van der Waals surface area contributed by atoms with E-state index in [9.17, 15) is 0 Å². The molecule has 1 heteroatoms. The maximum absolute atomic E-state index is 2.50. The fourth-order valence-corrected chi connectivity index (χ4v) is 10.4. The summed E-state index contributed by atoms with van der Waals surface area (Å²) in [6.07, 6.45) is 0. The van der Waals surface area contributed by atoms with Crippen LogP contribution in [0.15, 0.2) is 212 Å². The van der Waals surface area contributed by atoms with Crippen molar-refractivity contribution in [1.29, 1.82) is 0 Å². The number of hydrogen-bond acceptors (Lipinski definition) is 1. The van der Waals surface area contributed by atoms with Crippen molar-refractivity contribution < 1.29 is 0 Å². The van der Waals surface area contributed by atoms with E-state index in [1.54, 1.807) is 0 Å². The number of rotatable bonds is 7. The average molecular weight is 782 g/mol. The molecule has 0 aromatic heterocycles. The van der Waals surface area contributed by atoms with Gasteiger partial charge in [0.15, 0.2) is 0 Å². The van der Waals surface area contributed by atoms with E-state index in [0.717, 1.165) is 17.1 Å². The van der Waals surface area contributed by atoms with Crippen molar-refractivity contribution in [3.8, 4) is 66.8 Å². The summed E-state index contributed by atoms with van der Waals surface area (Å²) in [6, 6.07) is 78.6. The van der Waals surface area contributed by atoms with Gasteiger partial charge in [-0.25, -0.2) is 0 Å². The molecule has 11 rings (SSSR count). The molecule has 0 unspecified atom stereocenters. The van der Waals surface area contributed by atoms with Crippen LogP contribution >= 0.6 is 0 Å².